The molecule has 1 saturated carbocycles. The summed E-state index contributed by atoms with van der Waals surface area (Å²) >= 11 is 0. The summed E-state index contributed by atoms with van der Waals surface area (Å²) in [6, 6.07) is 6.95. The van der Waals surface area contributed by atoms with Crippen LogP contribution in [0.15, 0.2) is 24.3 Å². The zero-order valence-corrected chi connectivity index (χ0v) is 18.3. The van der Waals surface area contributed by atoms with E-state index in [1.54, 1.807) is 36.2 Å². The van der Waals surface area contributed by atoms with E-state index in [1.807, 2.05) is 0 Å². The quantitative estimate of drug-likeness (QED) is 0.466. The fourth-order valence-electron chi connectivity index (χ4n) is 3.42. The number of unbranched alkanes of at least 4 members (excludes halogenated alkanes) is 1. The Morgan fingerprint density at radius 3 is 2.40 bits per heavy atom. The van der Waals surface area contributed by atoms with Gasteiger partial charge in [-0.15, -0.1) is 0 Å². The third kappa shape index (κ3) is 7.69. The number of rotatable bonds is 10. The molecule has 7 nitrogen and oxygen atoms in total. The molecule has 166 valence electrons. The molecule has 0 spiro atoms. The van der Waals surface area contributed by atoms with Crippen molar-refractivity contribution in [2.75, 3.05) is 26.8 Å². The average molecular weight is 419 g/mol. The SMILES string of the molecule is CCCCOc1ccc(C(=O)NCC(=O)OCC(=O)N(C)C2CCC(C)CC2)cc1. The lowest BCUT2D eigenvalue weighted by Gasteiger charge is -2.33. The van der Waals surface area contributed by atoms with E-state index >= 15 is 0 Å². The number of carbonyl (C=O) groups is 3. The molecule has 1 N–H and O–H groups in total. The largest absolute Gasteiger partial charge is 0.494 e. The fourth-order valence-corrected chi connectivity index (χ4v) is 3.42. The maximum absolute atomic E-state index is 12.3. The molecule has 0 atom stereocenters. The molecule has 7 heteroatoms. The number of hydrogen-bond donors (Lipinski definition) is 1. The molecule has 0 radical (unpaired) electrons. The van der Waals surface area contributed by atoms with Gasteiger partial charge < -0.3 is 19.7 Å². The highest BCUT2D eigenvalue weighted by Gasteiger charge is 2.25. The first-order valence-electron chi connectivity index (χ1n) is 10.8. The summed E-state index contributed by atoms with van der Waals surface area (Å²) in [7, 11) is 1.76. The molecule has 30 heavy (non-hydrogen) atoms. The van der Waals surface area contributed by atoms with Crippen molar-refractivity contribution in [2.45, 2.75) is 58.4 Å². The predicted octanol–water partition coefficient (Wildman–Crippen LogP) is 3.18. The lowest BCUT2D eigenvalue weighted by Crippen LogP contribution is -2.42. The van der Waals surface area contributed by atoms with E-state index in [9.17, 15) is 14.4 Å². The number of ether oxygens (including phenoxy) is 2. The number of hydrogen-bond acceptors (Lipinski definition) is 5. The van der Waals surface area contributed by atoms with Crippen LogP contribution in [0.3, 0.4) is 0 Å². The molecule has 2 amide bonds. The molecular formula is C23H34N2O5. The van der Waals surface area contributed by atoms with Crippen molar-refractivity contribution in [2.24, 2.45) is 5.92 Å². The minimum absolute atomic E-state index is 0.209. The first-order chi connectivity index (χ1) is 14.4. The van der Waals surface area contributed by atoms with Gasteiger partial charge in [-0.3, -0.25) is 14.4 Å². The van der Waals surface area contributed by atoms with E-state index in [2.05, 4.69) is 19.2 Å². The number of esters is 1. The molecule has 1 aromatic rings. The van der Waals surface area contributed by atoms with Crippen LogP contribution in [0.4, 0.5) is 0 Å². The van der Waals surface area contributed by atoms with Crippen molar-refractivity contribution in [1.29, 1.82) is 0 Å². The number of carbonyl (C=O) groups excluding carboxylic acids is 3. The predicted molar refractivity (Wildman–Crippen MR) is 114 cm³/mol. The summed E-state index contributed by atoms with van der Waals surface area (Å²) in [5.74, 6) is 0.173. The second kappa shape index (κ2) is 12.2. The van der Waals surface area contributed by atoms with Gasteiger partial charge in [0.1, 0.15) is 12.3 Å². The molecular weight excluding hydrogens is 384 g/mol. The van der Waals surface area contributed by atoms with Gasteiger partial charge in [-0.05, 0) is 62.3 Å². The van der Waals surface area contributed by atoms with Crippen LogP contribution in [-0.2, 0) is 14.3 Å². The van der Waals surface area contributed by atoms with Gasteiger partial charge >= 0.3 is 5.97 Å². The van der Waals surface area contributed by atoms with Gasteiger partial charge in [0.05, 0.1) is 6.61 Å². The van der Waals surface area contributed by atoms with E-state index in [4.69, 9.17) is 9.47 Å². The zero-order chi connectivity index (χ0) is 21.9. The standard InChI is InChI=1S/C23H34N2O5/c1-4-5-14-29-20-12-8-18(9-13-20)23(28)24-15-22(27)30-16-21(26)25(3)19-10-6-17(2)7-11-19/h8-9,12-13,17,19H,4-7,10-11,14-16H2,1-3H3,(H,24,28). The second-order valence-corrected chi connectivity index (χ2v) is 7.99. The van der Waals surface area contributed by atoms with E-state index in [0.29, 0.717) is 23.8 Å². The van der Waals surface area contributed by atoms with Crippen LogP contribution in [0.5, 0.6) is 5.75 Å². The molecule has 0 saturated heterocycles. The molecule has 1 aliphatic carbocycles. The van der Waals surface area contributed by atoms with Gasteiger partial charge in [-0.1, -0.05) is 20.3 Å². The van der Waals surface area contributed by atoms with Crippen molar-refractivity contribution < 1.29 is 23.9 Å². The van der Waals surface area contributed by atoms with Crippen LogP contribution in [0.2, 0.25) is 0 Å². The maximum atomic E-state index is 12.3. The highest BCUT2D eigenvalue weighted by Crippen LogP contribution is 2.26. The van der Waals surface area contributed by atoms with Gasteiger partial charge in [-0.25, -0.2) is 0 Å². The van der Waals surface area contributed by atoms with Crippen molar-refractivity contribution in [3.05, 3.63) is 29.8 Å². The van der Waals surface area contributed by atoms with E-state index in [1.165, 1.54) is 0 Å². The Bertz CT molecular complexity index is 696. The normalized spacial score (nSPS) is 18.4. The van der Waals surface area contributed by atoms with E-state index < -0.39 is 5.97 Å². The van der Waals surface area contributed by atoms with Gasteiger partial charge in [0.2, 0.25) is 0 Å². The van der Waals surface area contributed by atoms with Crippen molar-refractivity contribution in [1.82, 2.24) is 10.2 Å². The lowest BCUT2D eigenvalue weighted by atomic mass is 9.87. The number of nitrogens with zero attached hydrogens (tertiary/aromatic N) is 1. The topological polar surface area (TPSA) is 84.9 Å². The highest BCUT2D eigenvalue weighted by atomic mass is 16.5. The Labute approximate surface area is 179 Å². The van der Waals surface area contributed by atoms with Crippen LogP contribution in [0, 0.1) is 5.92 Å². The summed E-state index contributed by atoms with van der Waals surface area (Å²) in [5, 5.41) is 2.51. The van der Waals surface area contributed by atoms with Gasteiger partial charge in [-0.2, -0.15) is 0 Å². The Balaban J connectivity index is 1.68. The van der Waals surface area contributed by atoms with Crippen LogP contribution in [-0.4, -0.2) is 55.5 Å². The first-order valence-corrected chi connectivity index (χ1v) is 10.8. The van der Waals surface area contributed by atoms with E-state index in [0.717, 1.165) is 38.5 Å². The number of amides is 2. The first kappa shape index (κ1) is 23.7. The van der Waals surface area contributed by atoms with Gasteiger partial charge in [0, 0.05) is 18.7 Å². The highest BCUT2D eigenvalue weighted by molar-refractivity contribution is 5.96. The van der Waals surface area contributed by atoms with Crippen molar-refractivity contribution in [3.63, 3.8) is 0 Å². The van der Waals surface area contributed by atoms with Gasteiger partial charge in [0.25, 0.3) is 11.8 Å². The number of likely N-dealkylation sites (N-methyl/N-ethyl adjacent to an activating group) is 1. The fraction of sp³-hybridized carbons (Fsp3) is 0.609. The Hall–Kier alpha value is -2.57. The Morgan fingerprint density at radius 2 is 1.77 bits per heavy atom. The molecule has 2 rings (SSSR count). The molecule has 0 heterocycles. The smallest absolute Gasteiger partial charge is 0.325 e. The molecule has 0 bridgehead atoms. The van der Waals surface area contributed by atoms with Gasteiger partial charge in [0.15, 0.2) is 6.61 Å². The summed E-state index contributed by atoms with van der Waals surface area (Å²) < 4.78 is 10.6. The summed E-state index contributed by atoms with van der Waals surface area (Å²) in [5.41, 5.74) is 0.424. The summed E-state index contributed by atoms with van der Waals surface area (Å²) in [4.78, 5) is 38.0. The average Bonchev–Trinajstić information content (AvgIpc) is 2.76. The monoisotopic (exact) mass is 418 g/mol. The molecule has 1 aliphatic rings. The second-order valence-electron chi connectivity index (χ2n) is 7.99. The van der Waals surface area contributed by atoms with Crippen molar-refractivity contribution >= 4 is 17.8 Å². The van der Waals surface area contributed by atoms with E-state index in [-0.39, 0.29) is 31.0 Å². The molecule has 0 aromatic heterocycles. The Kier molecular flexibility index (Phi) is 9.64. The minimum Gasteiger partial charge on any atom is -0.494 e. The zero-order valence-electron chi connectivity index (χ0n) is 18.3. The van der Waals surface area contributed by atoms with Crippen LogP contribution >= 0.6 is 0 Å². The molecule has 0 unspecified atom stereocenters. The number of benzene rings is 1. The third-order valence-corrected chi connectivity index (χ3v) is 5.56. The summed E-state index contributed by atoms with van der Waals surface area (Å²) in [6.07, 6.45) is 6.21. The number of nitrogens with one attached hydrogen (secondary N) is 1. The minimum atomic E-state index is -0.637. The molecule has 0 aliphatic heterocycles. The molecule has 1 aromatic carbocycles. The van der Waals surface area contributed by atoms with Crippen LogP contribution in [0.25, 0.3) is 0 Å². The van der Waals surface area contributed by atoms with Crippen LogP contribution in [0.1, 0.15) is 62.7 Å². The summed E-state index contributed by atoms with van der Waals surface area (Å²) in [6.45, 7) is 4.37. The third-order valence-electron chi connectivity index (χ3n) is 5.56. The Morgan fingerprint density at radius 1 is 1.10 bits per heavy atom. The lowest BCUT2D eigenvalue weighted by molar-refractivity contribution is -0.151. The molecule has 1 fully saturated rings. The van der Waals surface area contributed by atoms with Crippen molar-refractivity contribution in [3.8, 4) is 5.75 Å². The maximum Gasteiger partial charge on any atom is 0.325 e. The van der Waals surface area contributed by atoms with Crippen LogP contribution < -0.4 is 10.1 Å².